The van der Waals surface area contributed by atoms with Crippen LogP contribution in [-0.2, 0) is 4.52 Å². The Hall–Kier alpha value is 0.410. The first kappa shape index (κ1) is 14.5. The van der Waals surface area contributed by atoms with Gasteiger partial charge in [0.25, 0.3) is 0 Å². The van der Waals surface area contributed by atoms with Gasteiger partial charge in [0.05, 0.1) is 0 Å². The molecule has 0 amide bonds. The van der Waals surface area contributed by atoms with Gasteiger partial charge in [-0.1, -0.05) is 0 Å². The van der Waals surface area contributed by atoms with Crippen LogP contribution in [0.4, 0.5) is 34.7 Å². The van der Waals surface area contributed by atoms with Crippen LogP contribution in [0.2, 0.25) is 0 Å². The summed E-state index contributed by atoms with van der Waals surface area (Å²) in [7, 11) is -14.4. The molecule has 0 saturated carbocycles. The smallest absolute Gasteiger partial charge is 0.211 e. The number of hydrogen-bond acceptors (Lipinski definition) is 4. The molecule has 3 atom stereocenters. The minimum Gasteiger partial charge on any atom is -0.211 e. The molecule has 0 saturated heterocycles. The number of alkyl halides is 3. The topological polar surface area (TPSA) is 28.1 Å². The monoisotopic (exact) mass is 315 g/mol. The van der Waals surface area contributed by atoms with Gasteiger partial charge >= 0.3 is 31.2 Å². The molecule has 0 aromatic heterocycles. The first-order valence-corrected chi connectivity index (χ1v) is 6.78. The van der Waals surface area contributed by atoms with E-state index >= 15 is 0 Å². The third-order valence-corrected chi connectivity index (χ3v) is 6.14. The Kier molecular flexibility index (Phi) is 4.15. The van der Waals surface area contributed by atoms with Crippen molar-refractivity contribution in [1.82, 2.24) is 9.33 Å². The van der Waals surface area contributed by atoms with E-state index in [2.05, 4.69) is 4.52 Å². The first-order valence-electron chi connectivity index (χ1n) is 3.00. The number of rotatable bonds is 1. The predicted octanol–water partition coefficient (Wildman–Crippen LogP) is 5.22. The number of halogens is 8. The lowest BCUT2D eigenvalue weighted by atomic mass is 11.4. The highest BCUT2D eigenvalue weighted by Gasteiger charge is 2.55. The quantitative estimate of drug-likeness (QED) is 0.377. The summed E-state index contributed by atoms with van der Waals surface area (Å²) in [5.41, 5.74) is 0. The van der Waals surface area contributed by atoms with Crippen LogP contribution < -0.4 is 0 Å². The second-order valence-corrected chi connectivity index (χ2v) is 6.90. The summed E-state index contributed by atoms with van der Waals surface area (Å²) >= 11 is 0. The lowest BCUT2D eigenvalue weighted by molar-refractivity contribution is -0.277. The second kappa shape index (κ2) is 4.59. The van der Waals surface area contributed by atoms with E-state index in [-0.39, 0.29) is 0 Å². The fourth-order valence-corrected chi connectivity index (χ4v) is 4.99. The summed E-state index contributed by atoms with van der Waals surface area (Å²) in [5.74, 6) is 0. The van der Waals surface area contributed by atoms with Crippen LogP contribution in [0.1, 0.15) is 0 Å². The van der Waals surface area contributed by atoms with E-state index in [4.69, 9.17) is 0 Å². The largest absolute Gasteiger partial charge is 0.529 e. The maximum Gasteiger partial charge on any atom is 0.529 e. The molecule has 0 bridgehead atoms. The Morgan fingerprint density at radius 3 is 2.12 bits per heavy atom. The Bertz CT molecular complexity index is 320. The van der Waals surface area contributed by atoms with E-state index in [0.29, 0.717) is 0 Å². The highest BCUT2D eigenvalue weighted by Crippen LogP contribution is 2.81. The Labute approximate surface area is 85.3 Å². The minimum absolute atomic E-state index is 1.43. The van der Waals surface area contributed by atoms with Crippen LogP contribution in [0.3, 0.4) is 0 Å². The Balaban J connectivity index is 3.06. The predicted molar refractivity (Wildman–Crippen MR) is 39.5 cm³/mol. The molecule has 1 rings (SSSR count). The fourth-order valence-electron chi connectivity index (χ4n) is 0.554. The van der Waals surface area contributed by atoms with Crippen LogP contribution in [-0.4, -0.2) is 15.7 Å². The van der Waals surface area contributed by atoms with E-state index in [0.717, 1.165) is 0 Å². The SMILES string of the molecule is FN1P(F)N=P(F)(OC(F)(F)F)N(F)P1F. The van der Waals surface area contributed by atoms with Gasteiger partial charge in [-0.05, 0) is 4.66 Å². The molecular weight excluding hydrogens is 315 g/mol. The van der Waals surface area contributed by atoms with E-state index in [1.807, 2.05) is 4.52 Å². The lowest BCUT2D eigenvalue weighted by Gasteiger charge is -2.30. The molecule has 0 aliphatic carbocycles. The van der Waals surface area contributed by atoms with Gasteiger partial charge in [0.15, 0.2) is 0 Å². The second-order valence-electron chi connectivity index (χ2n) is 2.06. The van der Waals surface area contributed by atoms with Gasteiger partial charge in [0.1, 0.15) is 0 Å². The van der Waals surface area contributed by atoms with Crippen LogP contribution in [0.15, 0.2) is 4.52 Å². The maximum absolute atomic E-state index is 13.0. The highest BCUT2D eigenvalue weighted by atomic mass is 31.3. The van der Waals surface area contributed by atoms with E-state index < -0.39 is 40.5 Å². The number of nitrogens with zero attached hydrogens (tertiary/aromatic N) is 3. The van der Waals surface area contributed by atoms with Gasteiger partial charge in [-0.3, -0.25) is 0 Å². The summed E-state index contributed by atoms with van der Waals surface area (Å²) in [6, 6.07) is 0. The van der Waals surface area contributed by atoms with Gasteiger partial charge in [-0.25, -0.2) is 4.52 Å². The molecule has 1 aliphatic rings. The van der Waals surface area contributed by atoms with Crippen LogP contribution in [0.5, 0.6) is 0 Å². The van der Waals surface area contributed by atoms with Gasteiger partial charge in [0.2, 0.25) is 0 Å². The zero-order chi connectivity index (χ0) is 12.7. The highest BCUT2D eigenvalue weighted by molar-refractivity contribution is 7.77. The van der Waals surface area contributed by atoms with E-state index in [9.17, 15) is 34.7 Å². The molecule has 3 unspecified atom stereocenters. The van der Waals surface area contributed by atoms with Crippen molar-refractivity contribution in [2.24, 2.45) is 4.52 Å². The first-order chi connectivity index (χ1) is 7.07. The van der Waals surface area contributed by atoms with Crippen LogP contribution in [0.25, 0.3) is 0 Å². The molecule has 4 nitrogen and oxygen atoms in total. The molecule has 0 N–H and O–H groups in total. The molecule has 0 spiro atoms. The zero-order valence-corrected chi connectivity index (χ0v) is 9.30. The third-order valence-electron chi connectivity index (χ3n) is 1.02. The van der Waals surface area contributed by atoms with Crippen molar-refractivity contribution in [3.8, 4) is 0 Å². The minimum atomic E-state index is -6.03. The average molecular weight is 315 g/mol. The van der Waals surface area contributed by atoms with Crippen LogP contribution >= 0.6 is 24.8 Å². The Morgan fingerprint density at radius 1 is 1.19 bits per heavy atom. The molecule has 16 heavy (non-hydrogen) atoms. The fraction of sp³-hybridized carbons (Fsp3) is 1.00. The van der Waals surface area contributed by atoms with Gasteiger partial charge in [0, 0.05) is 4.66 Å². The summed E-state index contributed by atoms with van der Waals surface area (Å²) in [4.78, 5) is 0. The van der Waals surface area contributed by atoms with Gasteiger partial charge in [-0.2, -0.15) is 17.1 Å². The summed E-state index contributed by atoms with van der Waals surface area (Å²) < 4.78 is 98.8. The summed E-state index contributed by atoms with van der Waals surface area (Å²) in [5, 5.41) is 0. The van der Waals surface area contributed by atoms with E-state index in [1.54, 1.807) is 0 Å². The molecule has 0 radical (unpaired) electrons. The van der Waals surface area contributed by atoms with Crippen molar-refractivity contribution in [1.29, 1.82) is 0 Å². The number of hydrogen-bond donors (Lipinski definition) is 0. The molecule has 0 fully saturated rings. The van der Waals surface area contributed by atoms with Crippen molar-refractivity contribution >= 4 is 24.8 Å². The average Bonchev–Trinajstić information content (AvgIpc) is 2.09. The molecule has 0 aromatic rings. The van der Waals surface area contributed by atoms with Crippen molar-refractivity contribution in [3.05, 3.63) is 0 Å². The molecule has 1 aliphatic heterocycles. The van der Waals surface area contributed by atoms with Gasteiger partial charge in [-0.15, -0.1) is 22.1 Å². The van der Waals surface area contributed by atoms with Crippen molar-refractivity contribution in [2.75, 3.05) is 0 Å². The molecule has 15 heteroatoms. The van der Waals surface area contributed by atoms with Crippen molar-refractivity contribution < 1.29 is 39.2 Å². The third kappa shape index (κ3) is 3.00. The molecule has 0 aromatic carbocycles. The summed E-state index contributed by atoms with van der Waals surface area (Å²) in [6.07, 6.45) is -5.69. The Morgan fingerprint density at radius 2 is 1.69 bits per heavy atom. The normalized spacial score (nSPS) is 38.5. The van der Waals surface area contributed by atoms with Crippen molar-refractivity contribution in [2.45, 2.75) is 6.36 Å². The standard InChI is InChI=1S/CF8N3OP3/c2-1(3,4)13-16(9)10-14(7)11(5)15(8)12(16)6. The molecule has 1 heterocycles. The zero-order valence-electron chi connectivity index (χ0n) is 6.62. The summed E-state index contributed by atoms with van der Waals surface area (Å²) in [6.45, 7) is 0. The van der Waals surface area contributed by atoms with E-state index in [1.165, 1.54) is 0 Å². The van der Waals surface area contributed by atoms with Gasteiger partial charge < -0.3 is 0 Å². The maximum atomic E-state index is 13.0. The molecular formula is CF8N3OP3. The lowest BCUT2D eigenvalue weighted by Crippen LogP contribution is -2.18. The van der Waals surface area contributed by atoms with Crippen molar-refractivity contribution in [3.63, 3.8) is 0 Å². The van der Waals surface area contributed by atoms with Crippen LogP contribution in [0, 0.1) is 0 Å². The molecule has 96 valence electrons.